The Morgan fingerprint density at radius 1 is 1.16 bits per heavy atom. The summed E-state index contributed by atoms with van der Waals surface area (Å²) < 4.78 is 36.8. The number of carbonyl (C=O) groups excluding carboxylic acids is 1. The molecular weight excluding hydrogens is 269 g/mol. The molecular formula is C10H17F3N2O4. The molecule has 0 radical (unpaired) electrons. The number of aliphatic carboxylic acids is 1. The molecule has 0 aliphatic rings. The summed E-state index contributed by atoms with van der Waals surface area (Å²) in [4.78, 5) is 23.2. The van der Waals surface area contributed by atoms with Gasteiger partial charge in [0.15, 0.2) is 0 Å². The van der Waals surface area contributed by atoms with Crippen molar-refractivity contribution in [2.75, 3.05) is 26.7 Å². The first kappa shape index (κ1) is 17.5. The van der Waals surface area contributed by atoms with Crippen molar-refractivity contribution in [1.29, 1.82) is 0 Å². The smallest absolute Gasteiger partial charge is 0.406 e. The summed E-state index contributed by atoms with van der Waals surface area (Å²) in [7, 11) is 1.19. The number of halogens is 3. The second-order valence-electron chi connectivity index (χ2n) is 4.82. The van der Waals surface area contributed by atoms with Crippen molar-refractivity contribution in [3.8, 4) is 0 Å². The van der Waals surface area contributed by atoms with Crippen LogP contribution in [0.2, 0.25) is 0 Å². The molecule has 19 heavy (non-hydrogen) atoms. The Morgan fingerprint density at radius 3 is 1.95 bits per heavy atom. The number of carboxylic acid groups (broad SMARTS) is 1. The van der Waals surface area contributed by atoms with Crippen LogP contribution in [0.5, 0.6) is 0 Å². The van der Waals surface area contributed by atoms with Crippen LogP contribution in [0.4, 0.5) is 18.0 Å². The third-order valence-electron chi connectivity index (χ3n) is 1.92. The molecule has 0 spiro atoms. The van der Waals surface area contributed by atoms with Gasteiger partial charge in [0.05, 0.1) is 12.1 Å². The Balaban J connectivity index is 4.85. The number of urea groups is 1. The molecule has 0 aromatic rings. The second kappa shape index (κ2) is 6.09. The first-order chi connectivity index (χ1) is 8.32. The maximum atomic E-state index is 12.3. The molecule has 0 unspecified atom stereocenters. The van der Waals surface area contributed by atoms with E-state index in [1.165, 1.54) is 20.9 Å². The molecule has 0 bridgehead atoms. The van der Waals surface area contributed by atoms with Gasteiger partial charge in [-0.3, -0.25) is 4.79 Å². The van der Waals surface area contributed by atoms with Gasteiger partial charge >= 0.3 is 18.2 Å². The Hall–Kier alpha value is -1.51. The van der Waals surface area contributed by atoms with Crippen molar-refractivity contribution in [3.63, 3.8) is 0 Å². The molecule has 2 amide bonds. The van der Waals surface area contributed by atoms with Gasteiger partial charge in [-0.05, 0) is 13.8 Å². The molecule has 112 valence electrons. The molecule has 0 heterocycles. The largest absolute Gasteiger partial charge is 0.480 e. The molecule has 0 saturated heterocycles. The molecule has 0 saturated carbocycles. The van der Waals surface area contributed by atoms with Crippen LogP contribution in [0.1, 0.15) is 13.8 Å². The molecule has 0 aliphatic carbocycles. The minimum atomic E-state index is -4.69. The zero-order valence-corrected chi connectivity index (χ0v) is 10.9. The van der Waals surface area contributed by atoms with Gasteiger partial charge in [-0.25, -0.2) is 4.79 Å². The van der Waals surface area contributed by atoms with Crippen LogP contribution >= 0.6 is 0 Å². The van der Waals surface area contributed by atoms with Crippen molar-refractivity contribution < 1.29 is 33.0 Å². The molecule has 0 atom stereocenters. The lowest BCUT2D eigenvalue weighted by Gasteiger charge is -2.31. The lowest BCUT2D eigenvalue weighted by Crippen LogP contribution is -2.50. The predicted molar refractivity (Wildman–Crippen MR) is 59.6 cm³/mol. The fourth-order valence-corrected chi connectivity index (χ4v) is 1.46. The van der Waals surface area contributed by atoms with Gasteiger partial charge in [-0.15, -0.1) is 0 Å². The molecule has 6 nitrogen and oxygen atoms in total. The summed E-state index contributed by atoms with van der Waals surface area (Å²) in [6.45, 7) is -0.188. The van der Waals surface area contributed by atoms with E-state index in [1.54, 1.807) is 0 Å². The van der Waals surface area contributed by atoms with Crippen LogP contribution in [0.25, 0.3) is 0 Å². The van der Waals surface area contributed by atoms with Crippen molar-refractivity contribution in [3.05, 3.63) is 0 Å². The molecule has 9 heteroatoms. The standard InChI is InChI=1S/C10H17F3N2O4/c1-9(2,19)5-14(3)8(18)15(4-7(16)17)6-10(11,12)13/h19H,4-6H2,1-3H3,(H,16,17). The highest BCUT2D eigenvalue weighted by Gasteiger charge is 2.35. The molecule has 2 N–H and O–H groups in total. The topological polar surface area (TPSA) is 81.1 Å². The summed E-state index contributed by atoms with van der Waals surface area (Å²) in [5, 5.41) is 18.0. The SMILES string of the molecule is CN(CC(C)(C)O)C(=O)N(CC(=O)O)CC(F)(F)F. The van der Waals surface area contributed by atoms with Crippen LogP contribution in [0.3, 0.4) is 0 Å². The van der Waals surface area contributed by atoms with Gasteiger partial charge in [0.25, 0.3) is 0 Å². The average molecular weight is 286 g/mol. The number of rotatable bonds is 5. The van der Waals surface area contributed by atoms with Crippen molar-refractivity contribution in [2.24, 2.45) is 0 Å². The highest BCUT2D eigenvalue weighted by atomic mass is 19.4. The number of carboxylic acids is 1. The molecule has 0 aliphatic heterocycles. The number of carbonyl (C=O) groups is 2. The summed E-state index contributed by atoms with van der Waals surface area (Å²) >= 11 is 0. The van der Waals surface area contributed by atoms with Gasteiger partial charge in [0, 0.05) is 7.05 Å². The fourth-order valence-electron chi connectivity index (χ4n) is 1.46. The van der Waals surface area contributed by atoms with E-state index < -0.39 is 36.9 Å². The number of hydrogen-bond donors (Lipinski definition) is 2. The second-order valence-corrected chi connectivity index (χ2v) is 4.82. The van der Waals surface area contributed by atoms with E-state index in [1.807, 2.05) is 0 Å². The van der Waals surface area contributed by atoms with E-state index in [9.17, 15) is 27.9 Å². The minimum Gasteiger partial charge on any atom is -0.480 e. The van der Waals surface area contributed by atoms with Gasteiger partial charge in [-0.1, -0.05) is 0 Å². The third-order valence-corrected chi connectivity index (χ3v) is 1.92. The predicted octanol–water partition coefficient (Wildman–Crippen LogP) is 0.758. The van der Waals surface area contributed by atoms with Crippen LogP contribution < -0.4 is 0 Å². The Kier molecular flexibility index (Phi) is 5.61. The summed E-state index contributed by atoms with van der Waals surface area (Å²) in [6.07, 6.45) is -4.69. The number of hydrogen-bond acceptors (Lipinski definition) is 3. The van der Waals surface area contributed by atoms with E-state index in [2.05, 4.69) is 0 Å². The fraction of sp³-hybridized carbons (Fsp3) is 0.800. The zero-order chi connectivity index (χ0) is 15.4. The molecule has 0 aromatic heterocycles. The number of likely N-dealkylation sites (N-methyl/N-ethyl adjacent to an activating group) is 1. The average Bonchev–Trinajstić information content (AvgIpc) is 2.09. The number of alkyl halides is 3. The van der Waals surface area contributed by atoms with Gasteiger partial charge in [-0.2, -0.15) is 13.2 Å². The van der Waals surface area contributed by atoms with E-state index in [4.69, 9.17) is 5.11 Å². The van der Waals surface area contributed by atoms with Gasteiger partial charge in [0.1, 0.15) is 13.1 Å². The quantitative estimate of drug-likeness (QED) is 0.781. The van der Waals surface area contributed by atoms with Crippen LogP contribution in [-0.2, 0) is 4.79 Å². The van der Waals surface area contributed by atoms with Crippen molar-refractivity contribution in [2.45, 2.75) is 25.6 Å². The minimum absolute atomic E-state index is 0.161. The van der Waals surface area contributed by atoms with Crippen molar-refractivity contribution in [1.82, 2.24) is 9.80 Å². The van der Waals surface area contributed by atoms with E-state index >= 15 is 0 Å². The van der Waals surface area contributed by atoms with E-state index in [-0.39, 0.29) is 11.4 Å². The van der Waals surface area contributed by atoms with E-state index in [0.29, 0.717) is 0 Å². The first-order valence-corrected chi connectivity index (χ1v) is 5.33. The lowest BCUT2D eigenvalue weighted by molar-refractivity contribution is -0.149. The summed E-state index contributed by atoms with van der Waals surface area (Å²) in [5.74, 6) is -1.55. The van der Waals surface area contributed by atoms with Gasteiger partial charge in [0.2, 0.25) is 0 Å². The van der Waals surface area contributed by atoms with E-state index in [0.717, 1.165) is 4.90 Å². The summed E-state index contributed by atoms with van der Waals surface area (Å²) in [6, 6.07) is -1.11. The zero-order valence-electron chi connectivity index (χ0n) is 10.9. The first-order valence-electron chi connectivity index (χ1n) is 5.33. The highest BCUT2D eigenvalue weighted by molar-refractivity contribution is 5.80. The summed E-state index contributed by atoms with van der Waals surface area (Å²) in [5.41, 5.74) is -1.29. The normalized spacial score (nSPS) is 12.2. The Morgan fingerprint density at radius 2 is 1.63 bits per heavy atom. The van der Waals surface area contributed by atoms with Crippen LogP contribution in [0, 0.1) is 0 Å². The Labute approximate surface area is 108 Å². The third kappa shape index (κ3) is 8.25. The maximum Gasteiger partial charge on any atom is 0.406 e. The van der Waals surface area contributed by atoms with Crippen molar-refractivity contribution >= 4 is 12.0 Å². The highest BCUT2D eigenvalue weighted by Crippen LogP contribution is 2.17. The Bertz CT molecular complexity index is 339. The molecule has 0 rings (SSSR count). The number of nitrogens with zero attached hydrogens (tertiary/aromatic N) is 2. The lowest BCUT2D eigenvalue weighted by atomic mass is 10.1. The molecule has 0 fully saturated rings. The molecule has 0 aromatic carbocycles. The number of aliphatic hydroxyl groups is 1. The maximum absolute atomic E-state index is 12.3. The monoisotopic (exact) mass is 286 g/mol. The number of amides is 2. The van der Waals surface area contributed by atoms with Gasteiger partial charge < -0.3 is 20.0 Å². The van der Waals surface area contributed by atoms with Crippen LogP contribution in [-0.4, -0.2) is 70.5 Å². The van der Waals surface area contributed by atoms with Crippen LogP contribution in [0.15, 0.2) is 0 Å².